The molecule has 0 saturated carbocycles. The van der Waals surface area contributed by atoms with E-state index in [9.17, 15) is 9.18 Å². The molecule has 7 heteroatoms. The third-order valence-electron chi connectivity index (χ3n) is 4.45. The van der Waals surface area contributed by atoms with Gasteiger partial charge in [0.15, 0.2) is 11.6 Å². The van der Waals surface area contributed by atoms with E-state index in [2.05, 4.69) is 20.3 Å². The maximum atomic E-state index is 14.3. The summed E-state index contributed by atoms with van der Waals surface area (Å²) in [4.78, 5) is 25.5. The molecular formula is C23H22ClFN4O. The fourth-order valence-corrected chi connectivity index (χ4v) is 3.03. The van der Waals surface area contributed by atoms with E-state index in [0.29, 0.717) is 22.1 Å². The van der Waals surface area contributed by atoms with Crippen molar-refractivity contribution in [2.45, 2.75) is 33.1 Å². The molecule has 0 radical (unpaired) electrons. The van der Waals surface area contributed by atoms with Gasteiger partial charge < -0.3 is 5.32 Å². The predicted molar refractivity (Wildman–Crippen MR) is 118 cm³/mol. The van der Waals surface area contributed by atoms with Gasteiger partial charge in [-0.1, -0.05) is 38.4 Å². The molecule has 1 N–H and O–H groups in total. The Morgan fingerprint density at radius 1 is 1.27 bits per heavy atom. The molecule has 0 fully saturated rings. The summed E-state index contributed by atoms with van der Waals surface area (Å²) in [7, 11) is 0. The van der Waals surface area contributed by atoms with E-state index in [1.165, 1.54) is 30.5 Å². The number of pyridine rings is 1. The van der Waals surface area contributed by atoms with E-state index < -0.39 is 5.82 Å². The highest BCUT2D eigenvalue weighted by Crippen LogP contribution is 2.30. The molecule has 0 bridgehead atoms. The minimum atomic E-state index is -0.466. The number of benzene rings is 1. The number of rotatable bonds is 7. The van der Waals surface area contributed by atoms with E-state index >= 15 is 0 Å². The number of nitrogens with one attached hydrogen (secondary N) is 1. The number of ketones is 1. The molecule has 0 atom stereocenters. The lowest BCUT2D eigenvalue weighted by Gasteiger charge is -2.16. The molecule has 3 rings (SSSR count). The van der Waals surface area contributed by atoms with E-state index in [-0.39, 0.29) is 23.1 Å². The smallest absolute Gasteiger partial charge is 0.189 e. The fourth-order valence-electron chi connectivity index (χ4n) is 2.85. The van der Waals surface area contributed by atoms with Crippen molar-refractivity contribution in [3.05, 3.63) is 77.0 Å². The molecule has 0 amide bonds. The summed E-state index contributed by atoms with van der Waals surface area (Å²) in [5.74, 6) is 0.177. The zero-order valence-corrected chi connectivity index (χ0v) is 17.7. The topological polar surface area (TPSA) is 67.8 Å². The zero-order chi connectivity index (χ0) is 21.7. The minimum absolute atomic E-state index is 0.103. The Kier molecular flexibility index (Phi) is 6.90. The zero-order valence-electron chi connectivity index (χ0n) is 17.0. The summed E-state index contributed by atoms with van der Waals surface area (Å²) < 4.78 is 14.3. The molecule has 154 valence electrons. The van der Waals surface area contributed by atoms with Crippen molar-refractivity contribution in [2.24, 2.45) is 0 Å². The van der Waals surface area contributed by atoms with Gasteiger partial charge in [-0.15, -0.1) is 0 Å². The van der Waals surface area contributed by atoms with Crippen LogP contribution in [0.4, 0.5) is 15.9 Å². The monoisotopic (exact) mass is 424 g/mol. The Morgan fingerprint density at radius 3 is 2.80 bits per heavy atom. The van der Waals surface area contributed by atoms with E-state index in [0.717, 1.165) is 12.0 Å². The molecule has 30 heavy (non-hydrogen) atoms. The summed E-state index contributed by atoms with van der Waals surface area (Å²) in [5, 5.41) is 3.61. The van der Waals surface area contributed by atoms with Crippen LogP contribution in [-0.2, 0) is 0 Å². The number of nitrogens with zero attached hydrogens (tertiary/aromatic N) is 3. The van der Waals surface area contributed by atoms with Gasteiger partial charge in [-0.25, -0.2) is 14.4 Å². The van der Waals surface area contributed by atoms with Crippen molar-refractivity contribution in [3.8, 4) is 11.4 Å². The van der Waals surface area contributed by atoms with E-state index in [4.69, 9.17) is 11.6 Å². The molecule has 5 nitrogen and oxygen atoms in total. The largest absolute Gasteiger partial charge is 0.339 e. The molecule has 0 saturated heterocycles. The Hall–Kier alpha value is -3.12. The standard InChI is InChI=1S/C23H22ClFN4O/c1-4-5-6-21(30)18-12-26-10-9-20(18)28-23-17(14(2)3)13-27-22(29-23)16-11-15(24)7-8-19(16)25/h5-14H,4H2,1-3H3,(H,26,27,28,29)/b6-5-. The molecule has 0 spiro atoms. The Bertz CT molecular complexity index is 1100. The lowest BCUT2D eigenvalue weighted by Crippen LogP contribution is -2.07. The number of hydrogen-bond acceptors (Lipinski definition) is 5. The summed E-state index contributed by atoms with van der Waals surface area (Å²) in [6, 6.07) is 5.95. The maximum absolute atomic E-state index is 14.3. The van der Waals surface area contributed by atoms with Crippen molar-refractivity contribution in [3.63, 3.8) is 0 Å². The van der Waals surface area contributed by atoms with Crippen LogP contribution in [0.3, 0.4) is 0 Å². The first-order valence-electron chi connectivity index (χ1n) is 9.65. The van der Waals surface area contributed by atoms with Crippen LogP contribution in [0.5, 0.6) is 0 Å². The summed E-state index contributed by atoms with van der Waals surface area (Å²) >= 11 is 6.03. The van der Waals surface area contributed by atoms with Crippen LogP contribution in [-0.4, -0.2) is 20.7 Å². The third kappa shape index (κ3) is 4.89. The SMILES string of the molecule is CC/C=C\C(=O)c1cnccc1Nc1nc(-c2cc(Cl)ccc2F)ncc1C(C)C. The van der Waals surface area contributed by atoms with Gasteiger partial charge in [0.25, 0.3) is 0 Å². The lowest BCUT2D eigenvalue weighted by atomic mass is 10.0. The van der Waals surface area contributed by atoms with Crippen molar-refractivity contribution < 1.29 is 9.18 Å². The predicted octanol–water partition coefficient (Wildman–Crippen LogP) is 6.35. The highest BCUT2D eigenvalue weighted by atomic mass is 35.5. The molecule has 0 aliphatic carbocycles. The molecule has 2 heterocycles. The van der Waals surface area contributed by atoms with Gasteiger partial charge in [0, 0.05) is 29.2 Å². The molecule has 0 aliphatic heterocycles. The molecule has 0 aliphatic rings. The molecule has 1 aromatic carbocycles. The Balaban J connectivity index is 2.07. The van der Waals surface area contributed by atoms with E-state index in [1.807, 2.05) is 20.8 Å². The van der Waals surface area contributed by atoms with Crippen LogP contribution in [0.2, 0.25) is 5.02 Å². The molecule has 0 unspecified atom stereocenters. The van der Waals surface area contributed by atoms with Gasteiger partial charge in [-0.2, -0.15) is 0 Å². The second-order valence-corrected chi connectivity index (χ2v) is 7.43. The highest BCUT2D eigenvalue weighted by molar-refractivity contribution is 6.30. The number of carbonyl (C=O) groups excluding carboxylic acids is 1. The molecule has 2 aromatic heterocycles. The van der Waals surface area contributed by atoms with Crippen LogP contribution in [0, 0.1) is 5.82 Å². The van der Waals surface area contributed by atoms with Crippen LogP contribution < -0.4 is 5.32 Å². The molecule has 3 aromatic rings. The second-order valence-electron chi connectivity index (χ2n) is 7.00. The first kappa shape index (κ1) is 21.6. The summed E-state index contributed by atoms with van der Waals surface area (Å²) in [6.45, 7) is 5.97. The van der Waals surface area contributed by atoms with Crippen LogP contribution >= 0.6 is 11.6 Å². The van der Waals surface area contributed by atoms with Crippen molar-refractivity contribution in [1.29, 1.82) is 0 Å². The first-order chi connectivity index (χ1) is 14.4. The van der Waals surface area contributed by atoms with Crippen LogP contribution in [0.15, 0.2) is 55.0 Å². The van der Waals surface area contributed by atoms with Gasteiger partial charge in [0.05, 0.1) is 16.8 Å². The van der Waals surface area contributed by atoms with Crippen molar-refractivity contribution in [1.82, 2.24) is 15.0 Å². The van der Waals surface area contributed by atoms with Crippen LogP contribution in [0.1, 0.15) is 49.0 Å². The number of carbonyl (C=O) groups is 1. The summed E-state index contributed by atoms with van der Waals surface area (Å²) in [5.41, 5.74) is 2.03. The van der Waals surface area contributed by atoms with Crippen molar-refractivity contribution in [2.75, 3.05) is 5.32 Å². The number of anilines is 2. The number of allylic oxidation sites excluding steroid dienone is 2. The van der Waals surface area contributed by atoms with Crippen molar-refractivity contribution >= 4 is 28.9 Å². The Labute approximate surface area is 180 Å². The highest BCUT2D eigenvalue weighted by Gasteiger charge is 2.17. The fraction of sp³-hybridized carbons (Fsp3) is 0.217. The van der Waals surface area contributed by atoms with Gasteiger partial charge in [0.2, 0.25) is 0 Å². The maximum Gasteiger partial charge on any atom is 0.189 e. The number of hydrogen-bond donors (Lipinski definition) is 1. The second kappa shape index (κ2) is 9.59. The average Bonchev–Trinajstić information content (AvgIpc) is 2.74. The third-order valence-corrected chi connectivity index (χ3v) is 4.69. The van der Waals surface area contributed by atoms with Crippen LogP contribution in [0.25, 0.3) is 11.4 Å². The first-order valence-corrected chi connectivity index (χ1v) is 10.0. The normalized spacial score (nSPS) is 11.3. The van der Waals surface area contributed by atoms with Gasteiger partial charge in [0.1, 0.15) is 11.6 Å². The number of halogens is 2. The Morgan fingerprint density at radius 2 is 2.07 bits per heavy atom. The lowest BCUT2D eigenvalue weighted by molar-refractivity contribution is 0.104. The number of aromatic nitrogens is 3. The van der Waals surface area contributed by atoms with E-state index in [1.54, 1.807) is 24.5 Å². The van der Waals surface area contributed by atoms with Gasteiger partial charge in [-0.05, 0) is 42.7 Å². The summed E-state index contributed by atoms with van der Waals surface area (Å²) in [6.07, 6.45) is 8.85. The van der Waals surface area contributed by atoms with Gasteiger partial charge in [-0.3, -0.25) is 9.78 Å². The van der Waals surface area contributed by atoms with Gasteiger partial charge >= 0.3 is 0 Å². The molecular weight excluding hydrogens is 403 g/mol. The average molecular weight is 425 g/mol. The minimum Gasteiger partial charge on any atom is -0.339 e. The quantitative estimate of drug-likeness (QED) is 0.353.